The van der Waals surface area contributed by atoms with Gasteiger partial charge in [-0.1, -0.05) is 36.4 Å². The minimum Gasteiger partial charge on any atom is -0.359 e. The van der Waals surface area contributed by atoms with Gasteiger partial charge in [0.1, 0.15) is 5.82 Å². The Hall–Kier alpha value is -3.41. The van der Waals surface area contributed by atoms with E-state index in [0.29, 0.717) is 11.4 Å². The number of aryl methyl sites for hydroxylation is 1. The van der Waals surface area contributed by atoms with Crippen LogP contribution in [0.5, 0.6) is 0 Å². The maximum atomic E-state index is 13.0. The lowest BCUT2D eigenvalue weighted by atomic mass is 9.96. The van der Waals surface area contributed by atoms with Crippen LogP contribution in [0.2, 0.25) is 0 Å². The highest BCUT2D eigenvalue weighted by Crippen LogP contribution is 2.32. The van der Waals surface area contributed by atoms with Crippen molar-refractivity contribution in [2.24, 2.45) is 0 Å². The SMILES string of the molecule is Cc1cccc(NC(c2ccc(C(F)(F)F)cc2)c2ccc3cccnc3c2)n1. The summed E-state index contributed by atoms with van der Waals surface area (Å²) in [4.78, 5) is 8.87. The van der Waals surface area contributed by atoms with Crippen LogP contribution in [0.1, 0.15) is 28.4 Å². The van der Waals surface area contributed by atoms with E-state index in [9.17, 15) is 13.2 Å². The molecule has 0 spiro atoms. The average Bonchev–Trinajstić information content (AvgIpc) is 2.71. The Morgan fingerprint density at radius 2 is 1.62 bits per heavy atom. The Morgan fingerprint density at radius 3 is 2.34 bits per heavy atom. The van der Waals surface area contributed by atoms with Crippen LogP contribution in [-0.4, -0.2) is 9.97 Å². The van der Waals surface area contributed by atoms with Gasteiger partial charge in [-0.3, -0.25) is 4.98 Å². The third-order valence-corrected chi connectivity index (χ3v) is 4.72. The predicted molar refractivity (Wildman–Crippen MR) is 108 cm³/mol. The largest absolute Gasteiger partial charge is 0.416 e. The van der Waals surface area contributed by atoms with Gasteiger partial charge in [-0.05, 0) is 54.4 Å². The normalized spacial score (nSPS) is 12.7. The summed E-state index contributed by atoms with van der Waals surface area (Å²) in [7, 11) is 0. The maximum Gasteiger partial charge on any atom is 0.416 e. The second-order valence-electron chi connectivity index (χ2n) is 6.82. The van der Waals surface area contributed by atoms with E-state index in [2.05, 4.69) is 15.3 Å². The van der Waals surface area contributed by atoms with Gasteiger partial charge in [-0.2, -0.15) is 13.2 Å². The van der Waals surface area contributed by atoms with Gasteiger partial charge in [0.05, 0.1) is 17.1 Å². The van der Waals surface area contributed by atoms with Crippen LogP contribution in [0.3, 0.4) is 0 Å². The molecule has 146 valence electrons. The highest BCUT2D eigenvalue weighted by atomic mass is 19.4. The van der Waals surface area contributed by atoms with Gasteiger partial charge >= 0.3 is 6.18 Å². The van der Waals surface area contributed by atoms with Crippen molar-refractivity contribution in [2.75, 3.05) is 5.32 Å². The fourth-order valence-electron chi connectivity index (χ4n) is 3.26. The lowest BCUT2D eigenvalue weighted by molar-refractivity contribution is -0.137. The lowest BCUT2D eigenvalue weighted by Crippen LogP contribution is -2.14. The highest BCUT2D eigenvalue weighted by Gasteiger charge is 2.30. The molecule has 6 heteroatoms. The van der Waals surface area contributed by atoms with E-state index in [1.165, 1.54) is 12.1 Å². The van der Waals surface area contributed by atoms with E-state index in [0.717, 1.165) is 34.3 Å². The van der Waals surface area contributed by atoms with Crippen molar-refractivity contribution in [1.29, 1.82) is 0 Å². The molecule has 0 fully saturated rings. The van der Waals surface area contributed by atoms with E-state index in [4.69, 9.17) is 0 Å². The van der Waals surface area contributed by atoms with Crippen LogP contribution in [0, 0.1) is 6.92 Å². The Morgan fingerprint density at radius 1 is 0.862 bits per heavy atom. The highest BCUT2D eigenvalue weighted by molar-refractivity contribution is 5.79. The Labute approximate surface area is 166 Å². The molecule has 0 bridgehead atoms. The first-order chi connectivity index (χ1) is 13.9. The molecule has 0 amide bonds. The van der Waals surface area contributed by atoms with Crippen molar-refractivity contribution in [3.05, 3.63) is 101 Å². The summed E-state index contributed by atoms with van der Waals surface area (Å²) >= 11 is 0. The van der Waals surface area contributed by atoms with Crippen LogP contribution in [0.25, 0.3) is 10.9 Å². The minimum atomic E-state index is -4.37. The zero-order valence-corrected chi connectivity index (χ0v) is 15.6. The van der Waals surface area contributed by atoms with Gasteiger partial charge in [-0.25, -0.2) is 4.98 Å². The second-order valence-corrected chi connectivity index (χ2v) is 6.82. The van der Waals surface area contributed by atoms with Crippen molar-refractivity contribution in [2.45, 2.75) is 19.1 Å². The molecule has 0 saturated carbocycles. The summed E-state index contributed by atoms with van der Waals surface area (Å²) in [6, 6.07) is 20.1. The van der Waals surface area contributed by atoms with Gasteiger partial charge in [0.2, 0.25) is 0 Å². The molecule has 0 aliphatic heterocycles. The van der Waals surface area contributed by atoms with Crippen LogP contribution in [-0.2, 0) is 6.18 Å². The molecule has 2 heterocycles. The van der Waals surface area contributed by atoms with Crippen LogP contribution in [0.15, 0.2) is 79.0 Å². The Balaban J connectivity index is 1.77. The number of halogens is 3. The molecule has 1 atom stereocenters. The first kappa shape index (κ1) is 18.9. The monoisotopic (exact) mass is 393 g/mol. The number of anilines is 1. The summed E-state index contributed by atoms with van der Waals surface area (Å²) in [6.07, 6.45) is -2.65. The number of benzene rings is 2. The van der Waals surface area contributed by atoms with Gasteiger partial charge < -0.3 is 5.32 Å². The number of nitrogens with one attached hydrogen (secondary N) is 1. The molecular formula is C23H18F3N3. The smallest absolute Gasteiger partial charge is 0.359 e. The summed E-state index contributed by atoms with van der Waals surface area (Å²) in [6.45, 7) is 1.89. The molecule has 4 rings (SSSR count). The number of rotatable bonds is 4. The maximum absolute atomic E-state index is 13.0. The van der Waals surface area contributed by atoms with Gasteiger partial charge in [0.25, 0.3) is 0 Å². The molecule has 0 radical (unpaired) electrons. The zero-order chi connectivity index (χ0) is 20.4. The van der Waals surface area contributed by atoms with E-state index in [1.807, 2.05) is 55.5 Å². The van der Waals surface area contributed by atoms with Crippen LogP contribution >= 0.6 is 0 Å². The van der Waals surface area contributed by atoms with Gasteiger partial charge in [0.15, 0.2) is 0 Å². The van der Waals surface area contributed by atoms with Crippen LogP contribution < -0.4 is 5.32 Å². The quantitative estimate of drug-likeness (QED) is 0.451. The Kier molecular flexibility index (Phi) is 4.92. The molecule has 4 aromatic rings. The molecule has 2 aromatic carbocycles. The van der Waals surface area contributed by atoms with Crippen molar-refractivity contribution < 1.29 is 13.2 Å². The molecule has 3 nitrogen and oxygen atoms in total. The fraction of sp³-hybridized carbons (Fsp3) is 0.130. The van der Waals surface area contributed by atoms with Crippen LogP contribution in [0.4, 0.5) is 19.0 Å². The van der Waals surface area contributed by atoms with E-state index >= 15 is 0 Å². The number of hydrogen-bond donors (Lipinski definition) is 1. The van der Waals surface area contributed by atoms with Crippen molar-refractivity contribution in [1.82, 2.24) is 9.97 Å². The van der Waals surface area contributed by atoms with Crippen molar-refractivity contribution in [3.8, 4) is 0 Å². The predicted octanol–water partition coefficient (Wildman–Crippen LogP) is 6.16. The summed E-state index contributed by atoms with van der Waals surface area (Å²) < 4.78 is 38.9. The molecular weight excluding hydrogens is 375 g/mol. The molecule has 0 saturated heterocycles. The van der Waals surface area contributed by atoms with E-state index in [1.54, 1.807) is 6.20 Å². The summed E-state index contributed by atoms with van der Waals surface area (Å²) in [5.41, 5.74) is 2.59. The topological polar surface area (TPSA) is 37.8 Å². The minimum absolute atomic E-state index is 0.377. The summed E-state index contributed by atoms with van der Waals surface area (Å²) in [5.74, 6) is 0.649. The van der Waals surface area contributed by atoms with Crippen molar-refractivity contribution >= 4 is 16.7 Å². The number of pyridine rings is 2. The number of fused-ring (bicyclic) bond motifs is 1. The number of hydrogen-bond acceptors (Lipinski definition) is 3. The standard InChI is InChI=1S/C23H18F3N3/c1-15-4-2-6-21(28-15)29-22(17-9-11-19(12-10-17)23(24,25)26)18-8-7-16-5-3-13-27-20(16)14-18/h2-14,22H,1H3,(H,28,29). The lowest BCUT2D eigenvalue weighted by Gasteiger charge is -2.21. The van der Waals surface area contributed by atoms with Gasteiger partial charge in [0, 0.05) is 17.3 Å². The third-order valence-electron chi connectivity index (χ3n) is 4.72. The molecule has 2 aromatic heterocycles. The zero-order valence-electron chi connectivity index (χ0n) is 15.6. The van der Waals surface area contributed by atoms with E-state index < -0.39 is 11.7 Å². The molecule has 0 aliphatic rings. The number of nitrogens with zero attached hydrogens (tertiary/aromatic N) is 2. The second kappa shape index (κ2) is 7.54. The summed E-state index contributed by atoms with van der Waals surface area (Å²) in [5, 5.41) is 4.35. The van der Waals surface area contributed by atoms with E-state index in [-0.39, 0.29) is 6.04 Å². The average molecular weight is 393 g/mol. The number of alkyl halides is 3. The number of aromatic nitrogens is 2. The molecule has 0 aliphatic carbocycles. The first-order valence-electron chi connectivity index (χ1n) is 9.12. The molecule has 1 unspecified atom stereocenters. The Bertz CT molecular complexity index is 1140. The molecule has 1 N–H and O–H groups in total. The van der Waals surface area contributed by atoms with Crippen molar-refractivity contribution in [3.63, 3.8) is 0 Å². The first-order valence-corrected chi connectivity index (χ1v) is 9.12. The van der Waals surface area contributed by atoms with Gasteiger partial charge in [-0.15, -0.1) is 0 Å². The third kappa shape index (κ3) is 4.21. The molecule has 29 heavy (non-hydrogen) atoms. The fourth-order valence-corrected chi connectivity index (χ4v) is 3.26.